The molecule has 0 fully saturated rings. The number of aliphatic hydroxyl groups is 1. The number of hydrogen-bond donors (Lipinski definition) is 1. The predicted molar refractivity (Wildman–Crippen MR) is 63.4 cm³/mol. The predicted octanol–water partition coefficient (Wildman–Crippen LogP) is 4.15. The molecule has 1 rings (SSSR count). The van der Waals surface area contributed by atoms with E-state index in [0.717, 1.165) is 4.48 Å². The maximum absolute atomic E-state index is 9.97. The Morgan fingerprint density at radius 1 is 1.54 bits per heavy atom. The summed E-state index contributed by atoms with van der Waals surface area (Å²) in [5.41, 5.74) is 0. The smallest absolute Gasteiger partial charge is 0.124 e. The molecule has 0 aromatic carbocycles. The van der Waals surface area contributed by atoms with Crippen molar-refractivity contribution in [3.63, 3.8) is 0 Å². The van der Waals surface area contributed by atoms with Gasteiger partial charge in [0.1, 0.15) is 10.1 Å². The molecule has 3 heteroatoms. The van der Waals surface area contributed by atoms with Crippen LogP contribution in [0.15, 0.2) is 22.4 Å². The molecule has 0 bridgehead atoms. The fourth-order valence-electron chi connectivity index (χ4n) is 1.31. The van der Waals surface area contributed by atoms with Crippen molar-refractivity contribution in [2.75, 3.05) is 0 Å². The summed E-state index contributed by atoms with van der Waals surface area (Å²) in [5.74, 6) is 0.991. The summed E-state index contributed by atoms with van der Waals surface area (Å²) in [6.07, 6.45) is 4.13. The van der Waals surface area contributed by atoms with Crippen molar-refractivity contribution in [3.05, 3.63) is 22.4 Å². The van der Waals surface area contributed by atoms with E-state index >= 15 is 0 Å². The summed E-state index contributed by atoms with van der Waals surface area (Å²) in [4.78, 5) is 0. The number of hydrogen-bond acceptors (Lipinski definition) is 1. The molecule has 0 aliphatic heterocycles. The number of alkyl halides is 1. The van der Waals surface area contributed by atoms with Crippen molar-refractivity contribution in [2.45, 2.75) is 25.1 Å². The molecule has 0 amide bonds. The van der Waals surface area contributed by atoms with Gasteiger partial charge in [-0.3, -0.25) is 0 Å². The van der Waals surface area contributed by atoms with Crippen LogP contribution in [0.25, 0.3) is 0 Å². The molecule has 0 saturated carbocycles. The average molecular weight is 310 g/mol. The van der Waals surface area contributed by atoms with E-state index in [1.54, 1.807) is 0 Å². The zero-order valence-corrected chi connectivity index (χ0v) is 11.2. The molecule has 1 aliphatic carbocycles. The summed E-state index contributed by atoms with van der Waals surface area (Å²) in [5, 5.41) is 9.97. The molecule has 0 spiro atoms. The molecule has 74 valence electrons. The van der Waals surface area contributed by atoms with E-state index in [2.05, 4.69) is 51.8 Å². The third-order valence-electron chi connectivity index (χ3n) is 2.46. The van der Waals surface area contributed by atoms with E-state index in [1.807, 2.05) is 13.0 Å². The van der Waals surface area contributed by atoms with Crippen molar-refractivity contribution in [1.82, 2.24) is 0 Å². The van der Waals surface area contributed by atoms with Crippen LogP contribution in [0.5, 0.6) is 0 Å². The Kier molecular flexibility index (Phi) is 3.29. The van der Waals surface area contributed by atoms with Crippen LogP contribution >= 0.6 is 31.9 Å². The SMILES string of the molecule is CC1C=CC(Br)(C(C)C)C(O)=C1Br. The summed E-state index contributed by atoms with van der Waals surface area (Å²) in [7, 11) is 0. The number of rotatable bonds is 1. The highest BCUT2D eigenvalue weighted by molar-refractivity contribution is 9.12. The first-order valence-electron chi connectivity index (χ1n) is 4.37. The zero-order chi connectivity index (χ0) is 10.2. The number of halogens is 2. The molecule has 0 aromatic heterocycles. The molecule has 13 heavy (non-hydrogen) atoms. The van der Waals surface area contributed by atoms with Crippen molar-refractivity contribution in [2.24, 2.45) is 11.8 Å². The van der Waals surface area contributed by atoms with Gasteiger partial charge in [0, 0.05) is 10.4 Å². The molecule has 1 aliphatic rings. The highest BCUT2D eigenvalue weighted by Gasteiger charge is 2.37. The van der Waals surface area contributed by atoms with E-state index in [0.29, 0.717) is 11.7 Å². The lowest BCUT2D eigenvalue weighted by Gasteiger charge is -2.32. The molecule has 0 heterocycles. The minimum Gasteiger partial charge on any atom is -0.510 e. The van der Waals surface area contributed by atoms with Gasteiger partial charge in [0.05, 0.1) is 0 Å². The Balaban J connectivity index is 3.11. The van der Waals surface area contributed by atoms with Gasteiger partial charge in [-0.2, -0.15) is 0 Å². The van der Waals surface area contributed by atoms with E-state index in [9.17, 15) is 5.11 Å². The molecule has 0 saturated heterocycles. The Labute approximate surface area is 96.2 Å². The van der Waals surface area contributed by atoms with Gasteiger partial charge in [-0.25, -0.2) is 0 Å². The summed E-state index contributed by atoms with van der Waals surface area (Å²) in [6.45, 7) is 6.20. The lowest BCUT2D eigenvalue weighted by Crippen LogP contribution is -2.31. The first-order chi connectivity index (χ1) is 5.89. The van der Waals surface area contributed by atoms with Crippen LogP contribution in [-0.2, 0) is 0 Å². The van der Waals surface area contributed by atoms with Crippen LogP contribution < -0.4 is 0 Å². The third-order valence-corrected chi connectivity index (χ3v) is 5.11. The van der Waals surface area contributed by atoms with E-state index in [4.69, 9.17) is 0 Å². The normalized spacial score (nSPS) is 34.5. The third kappa shape index (κ3) is 1.86. The van der Waals surface area contributed by atoms with Gasteiger partial charge in [0.2, 0.25) is 0 Å². The van der Waals surface area contributed by atoms with Crippen LogP contribution in [-0.4, -0.2) is 9.43 Å². The number of allylic oxidation sites excluding steroid dienone is 3. The van der Waals surface area contributed by atoms with Gasteiger partial charge < -0.3 is 5.11 Å². The fourth-order valence-corrected chi connectivity index (χ4v) is 2.43. The molecule has 1 N–H and O–H groups in total. The lowest BCUT2D eigenvalue weighted by atomic mass is 9.87. The molecular weight excluding hydrogens is 296 g/mol. The zero-order valence-electron chi connectivity index (χ0n) is 8.01. The standard InChI is InChI=1S/C10H14Br2O/c1-6(2)10(12)5-4-7(3)8(11)9(10)13/h4-7,13H,1-3H3. The van der Waals surface area contributed by atoms with Crippen LogP contribution in [0, 0.1) is 11.8 Å². The first kappa shape index (κ1) is 11.3. The first-order valence-corrected chi connectivity index (χ1v) is 5.95. The van der Waals surface area contributed by atoms with E-state index < -0.39 is 4.32 Å². The Hall–Kier alpha value is 0.240. The minimum atomic E-state index is -0.391. The second kappa shape index (κ2) is 3.77. The van der Waals surface area contributed by atoms with Crippen molar-refractivity contribution >= 4 is 31.9 Å². The van der Waals surface area contributed by atoms with Gasteiger partial charge in [-0.05, 0) is 5.92 Å². The van der Waals surface area contributed by atoms with Gasteiger partial charge in [-0.1, -0.05) is 64.8 Å². The minimum absolute atomic E-state index is 0.268. The largest absolute Gasteiger partial charge is 0.510 e. The molecule has 1 nitrogen and oxygen atoms in total. The average Bonchev–Trinajstić information content (AvgIpc) is 2.08. The van der Waals surface area contributed by atoms with Gasteiger partial charge in [0.15, 0.2) is 0 Å². The fraction of sp³-hybridized carbons (Fsp3) is 0.600. The maximum atomic E-state index is 9.97. The summed E-state index contributed by atoms with van der Waals surface area (Å²) >= 11 is 6.98. The highest BCUT2D eigenvalue weighted by atomic mass is 79.9. The Morgan fingerprint density at radius 3 is 2.54 bits per heavy atom. The number of aliphatic hydroxyl groups excluding tert-OH is 1. The van der Waals surface area contributed by atoms with Crippen LogP contribution in [0.1, 0.15) is 20.8 Å². The van der Waals surface area contributed by atoms with Crippen LogP contribution in [0.2, 0.25) is 0 Å². The lowest BCUT2D eigenvalue weighted by molar-refractivity contribution is 0.331. The molecule has 2 atom stereocenters. The Morgan fingerprint density at radius 2 is 2.08 bits per heavy atom. The van der Waals surface area contributed by atoms with E-state index in [-0.39, 0.29) is 5.92 Å². The second-order valence-electron chi connectivity index (χ2n) is 3.77. The topological polar surface area (TPSA) is 20.2 Å². The highest BCUT2D eigenvalue weighted by Crippen LogP contribution is 2.43. The molecular formula is C10H14Br2O. The Bertz CT molecular complexity index is 268. The maximum Gasteiger partial charge on any atom is 0.124 e. The molecule has 0 aromatic rings. The van der Waals surface area contributed by atoms with Gasteiger partial charge in [0.25, 0.3) is 0 Å². The van der Waals surface area contributed by atoms with Gasteiger partial charge in [-0.15, -0.1) is 0 Å². The van der Waals surface area contributed by atoms with Crippen LogP contribution in [0.4, 0.5) is 0 Å². The van der Waals surface area contributed by atoms with Crippen molar-refractivity contribution in [1.29, 1.82) is 0 Å². The monoisotopic (exact) mass is 308 g/mol. The second-order valence-corrected chi connectivity index (χ2v) is 5.93. The summed E-state index contributed by atoms with van der Waals surface area (Å²) in [6, 6.07) is 0. The molecule has 2 unspecified atom stereocenters. The van der Waals surface area contributed by atoms with Crippen molar-refractivity contribution < 1.29 is 5.11 Å². The quantitative estimate of drug-likeness (QED) is 0.570. The summed E-state index contributed by atoms with van der Waals surface area (Å²) < 4.78 is 0.485. The molecule has 0 radical (unpaired) electrons. The van der Waals surface area contributed by atoms with Crippen molar-refractivity contribution in [3.8, 4) is 0 Å². The van der Waals surface area contributed by atoms with E-state index in [1.165, 1.54) is 0 Å². The van der Waals surface area contributed by atoms with Gasteiger partial charge >= 0.3 is 0 Å². The van der Waals surface area contributed by atoms with Crippen LogP contribution in [0.3, 0.4) is 0 Å².